The second-order valence-electron chi connectivity index (χ2n) is 8.05. The fraction of sp³-hybridized carbons (Fsp3) is 0.789. The van der Waals surface area contributed by atoms with Gasteiger partial charge in [0.05, 0.1) is 11.1 Å². The van der Waals surface area contributed by atoms with Crippen molar-refractivity contribution < 1.29 is 9.59 Å². The molecule has 3 heterocycles. The third-order valence-corrected chi connectivity index (χ3v) is 7.27. The van der Waals surface area contributed by atoms with E-state index in [2.05, 4.69) is 14.5 Å². The van der Waals surface area contributed by atoms with Crippen LogP contribution in [-0.4, -0.2) is 56.9 Å². The van der Waals surface area contributed by atoms with Gasteiger partial charge in [-0.05, 0) is 50.1 Å². The van der Waals surface area contributed by atoms with Gasteiger partial charge in [-0.15, -0.1) is 5.10 Å². The van der Waals surface area contributed by atoms with Crippen LogP contribution in [0.15, 0.2) is 0 Å². The Bertz CT molecular complexity index is 685. The summed E-state index contributed by atoms with van der Waals surface area (Å²) in [6.07, 6.45) is 9.57. The fourth-order valence-corrected chi connectivity index (χ4v) is 5.73. The highest BCUT2D eigenvalue weighted by atomic mass is 32.1. The summed E-state index contributed by atoms with van der Waals surface area (Å²) in [5.74, 6) is 0.320. The van der Waals surface area contributed by atoms with Crippen LogP contribution < -0.4 is 0 Å². The molecule has 1 atom stereocenters. The largest absolute Gasteiger partial charge is 0.339 e. The molecule has 4 rings (SSSR count). The summed E-state index contributed by atoms with van der Waals surface area (Å²) in [5.41, 5.74) is 0.426. The zero-order valence-corrected chi connectivity index (χ0v) is 16.4. The molecule has 0 N–H and O–H groups in total. The van der Waals surface area contributed by atoms with E-state index in [1.54, 1.807) is 0 Å². The smallest absolute Gasteiger partial charge is 0.267 e. The topological polar surface area (TPSA) is 66.4 Å². The van der Waals surface area contributed by atoms with Crippen molar-refractivity contribution in [2.75, 3.05) is 19.6 Å². The van der Waals surface area contributed by atoms with Gasteiger partial charge in [-0.3, -0.25) is 9.59 Å². The number of piperidine rings is 1. The first kappa shape index (κ1) is 17.9. The Morgan fingerprint density at radius 2 is 2.00 bits per heavy atom. The van der Waals surface area contributed by atoms with E-state index in [1.165, 1.54) is 30.8 Å². The van der Waals surface area contributed by atoms with Gasteiger partial charge in [0.1, 0.15) is 4.88 Å². The highest BCUT2D eigenvalue weighted by Gasteiger charge is 2.50. The van der Waals surface area contributed by atoms with E-state index in [0.717, 1.165) is 44.3 Å². The highest BCUT2D eigenvalue weighted by molar-refractivity contribution is 7.08. The van der Waals surface area contributed by atoms with Crippen LogP contribution in [0.5, 0.6) is 0 Å². The maximum Gasteiger partial charge on any atom is 0.267 e. The van der Waals surface area contributed by atoms with Crippen LogP contribution in [0.25, 0.3) is 0 Å². The van der Waals surface area contributed by atoms with Crippen LogP contribution in [-0.2, 0) is 11.2 Å². The van der Waals surface area contributed by atoms with E-state index in [-0.39, 0.29) is 11.3 Å². The second-order valence-corrected chi connectivity index (χ2v) is 8.81. The Hall–Kier alpha value is -1.50. The average molecular weight is 377 g/mol. The molecule has 0 bridgehead atoms. The number of carbonyl (C=O) groups is 2. The molecule has 2 amide bonds. The van der Waals surface area contributed by atoms with Gasteiger partial charge < -0.3 is 9.80 Å². The van der Waals surface area contributed by atoms with Crippen molar-refractivity contribution >= 4 is 23.3 Å². The Balaban J connectivity index is 1.49. The third kappa shape index (κ3) is 3.04. The lowest BCUT2D eigenvalue weighted by Crippen LogP contribution is -2.54. The quantitative estimate of drug-likeness (QED) is 0.814. The van der Waals surface area contributed by atoms with Crippen LogP contribution >= 0.6 is 11.5 Å². The first-order valence-corrected chi connectivity index (χ1v) is 10.8. The molecule has 2 aliphatic heterocycles. The van der Waals surface area contributed by atoms with Crippen LogP contribution in [0.2, 0.25) is 0 Å². The monoisotopic (exact) mass is 376 g/mol. The number of nitrogens with zero attached hydrogens (tertiary/aromatic N) is 4. The van der Waals surface area contributed by atoms with E-state index in [9.17, 15) is 9.59 Å². The molecule has 3 fully saturated rings. The Morgan fingerprint density at radius 3 is 2.77 bits per heavy atom. The number of rotatable bonds is 3. The van der Waals surface area contributed by atoms with Gasteiger partial charge in [-0.1, -0.05) is 30.7 Å². The highest BCUT2D eigenvalue weighted by Crippen LogP contribution is 2.42. The number of likely N-dealkylation sites (tertiary alicyclic amines) is 2. The normalized spacial score (nSPS) is 27.5. The third-order valence-electron chi connectivity index (χ3n) is 6.51. The predicted molar refractivity (Wildman–Crippen MR) is 100 cm³/mol. The average Bonchev–Trinajstić information content (AvgIpc) is 3.32. The fourth-order valence-electron chi connectivity index (χ4n) is 5.01. The lowest BCUT2D eigenvalue weighted by atomic mass is 9.77. The molecule has 1 spiro atoms. The van der Waals surface area contributed by atoms with Crippen molar-refractivity contribution in [1.82, 2.24) is 19.4 Å². The molecule has 1 aliphatic carbocycles. The minimum Gasteiger partial charge on any atom is -0.339 e. The van der Waals surface area contributed by atoms with Gasteiger partial charge in [-0.2, -0.15) is 0 Å². The van der Waals surface area contributed by atoms with Crippen molar-refractivity contribution in [3.63, 3.8) is 0 Å². The van der Waals surface area contributed by atoms with Gasteiger partial charge in [0, 0.05) is 25.7 Å². The van der Waals surface area contributed by atoms with E-state index in [0.29, 0.717) is 36.3 Å². The Morgan fingerprint density at radius 1 is 1.19 bits per heavy atom. The molecule has 0 unspecified atom stereocenters. The molecular weight excluding hydrogens is 348 g/mol. The Labute approximate surface area is 159 Å². The second kappa shape index (κ2) is 7.25. The lowest BCUT2D eigenvalue weighted by Gasteiger charge is -2.44. The number of amides is 2. The van der Waals surface area contributed by atoms with Gasteiger partial charge in [-0.25, -0.2) is 0 Å². The molecule has 2 saturated heterocycles. The molecule has 7 heteroatoms. The summed E-state index contributed by atoms with van der Waals surface area (Å²) in [7, 11) is 0. The summed E-state index contributed by atoms with van der Waals surface area (Å²) < 4.78 is 3.95. The number of hydrogen-bond acceptors (Lipinski definition) is 5. The minimum absolute atomic E-state index is 0.0105. The maximum absolute atomic E-state index is 13.4. The summed E-state index contributed by atoms with van der Waals surface area (Å²) in [6.45, 7) is 4.13. The van der Waals surface area contributed by atoms with Crippen molar-refractivity contribution in [2.45, 2.75) is 70.8 Å². The zero-order valence-electron chi connectivity index (χ0n) is 15.6. The molecule has 0 aromatic carbocycles. The van der Waals surface area contributed by atoms with Crippen LogP contribution in [0.1, 0.15) is 73.7 Å². The van der Waals surface area contributed by atoms with Gasteiger partial charge >= 0.3 is 0 Å². The molecule has 6 nitrogen and oxygen atoms in total. The van der Waals surface area contributed by atoms with Crippen molar-refractivity contribution in [2.24, 2.45) is 5.41 Å². The summed E-state index contributed by atoms with van der Waals surface area (Å²) in [4.78, 5) is 31.0. The molecule has 1 saturated carbocycles. The standard InChI is InChI=1S/C19H28N4O2S/c1-2-15-16(26-21-20-15)17(24)22-12-10-19(13-22)9-6-11-23(18(19)25)14-7-4-3-5-8-14/h14H,2-13H2,1H3/t19-/m0/s1. The minimum atomic E-state index is -0.351. The molecule has 0 radical (unpaired) electrons. The number of aryl methyl sites for hydroxylation is 1. The van der Waals surface area contributed by atoms with Crippen LogP contribution in [0.3, 0.4) is 0 Å². The molecule has 1 aromatic rings. The first-order valence-electron chi connectivity index (χ1n) is 10.1. The van der Waals surface area contributed by atoms with Gasteiger partial charge in [0.2, 0.25) is 5.91 Å². The number of hydrogen-bond donors (Lipinski definition) is 0. The lowest BCUT2D eigenvalue weighted by molar-refractivity contribution is -0.149. The van der Waals surface area contributed by atoms with Crippen molar-refractivity contribution in [3.05, 3.63) is 10.6 Å². The van der Waals surface area contributed by atoms with Crippen molar-refractivity contribution in [1.29, 1.82) is 0 Å². The van der Waals surface area contributed by atoms with Crippen LogP contribution in [0.4, 0.5) is 0 Å². The van der Waals surface area contributed by atoms with Crippen LogP contribution in [0, 0.1) is 5.41 Å². The van der Waals surface area contributed by atoms with E-state index in [4.69, 9.17) is 0 Å². The number of carbonyl (C=O) groups excluding carboxylic acids is 2. The molecular formula is C19H28N4O2S. The maximum atomic E-state index is 13.4. The Kier molecular flexibility index (Phi) is 4.99. The molecule has 26 heavy (non-hydrogen) atoms. The zero-order chi connectivity index (χ0) is 18.1. The first-order chi connectivity index (χ1) is 12.6. The summed E-state index contributed by atoms with van der Waals surface area (Å²) in [5, 5.41) is 4.07. The number of aromatic nitrogens is 2. The summed E-state index contributed by atoms with van der Waals surface area (Å²) >= 11 is 1.18. The van der Waals surface area contributed by atoms with Gasteiger partial charge in [0.15, 0.2) is 0 Å². The van der Waals surface area contributed by atoms with E-state index < -0.39 is 0 Å². The SMILES string of the molecule is CCc1nnsc1C(=O)N1CC[C@@]2(CCCN(C3CCCCC3)C2=O)C1. The molecule has 142 valence electrons. The van der Waals surface area contributed by atoms with Crippen molar-refractivity contribution in [3.8, 4) is 0 Å². The van der Waals surface area contributed by atoms with E-state index >= 15 is 0 Å². The molecule has 3 aliphatic rings. The predicted octanol–water partition coefficient (Wildman–Crippen LogP) is 2.89. The van der Waals surface area contributed by atoms with E-state index in [1.807, 2.05) is 11.8 Å². The summed E-state index contributed by atoms with van der Waals surface area (Å²) in [6, 6.07) is 0.426. The van der Waals surface area contributed by atoms with Gasteiger partial charge in [0.25, 0.3) is 5.91 Å². The molecule has 1 aromatic heterocycles.